The van der Waals surface area contributed by atoms with Gasteiger partial charge in [-0.05, 0) is 19.3 Å². The normalized spacial score (nSPS) is 9.82. The lowest BCUT2D eigenvalue weighted by atomic mass is 10.1. The second-order valence-corrected chi connectivity index (χ2v) is 2.76. The molecule has 0 rings (SSSR count). The van der Waals surface area contributed by atoms with Crippen molar-refractivity contribution in [2.75, 3.05) is 13.2 Å². The van der Waals surface area contributed by atoms with Gasteiger partial charge >= 0.3 is 6.09 Å². The summed E-state index contributed by atoms with van der Waals surface area (Å²) in [4.78, 5) is 10.6. The zero-order valence-electron chi connectivity index (χ0n) is 7.46. The lowest BCUT2D eigenvalue weighted by Crippen LogP contribution is -2.18. The lowest BCUT2D eigenvalue weighted by molar-refractivity contribution is 0.150. The van der Waals surface area contributed by atoms with E-state index in [-0.39, 0.29) is 0 Å². The van der Waals surface area contributed by atoms with E-state index < -0.39 is 6.09 Å². The number of ether oxygens (including phenoxy) is 1. The van der Waals surface area contributed by atoms with Crippen LogP contribution >= 0.6 is 0 Å². The molecule has 3 nitrogen and oxygen atoms in total. The Morgan fingerprint density at radius 1 is 1.55 bits per heavy atom. The molecular formula is C8H16NO2. The van der Waals surface area contributed by atoms with Gasteiger partial charge in [0.2, 0.25) is 0 Å². The molecule has 65 valence electrons. The predicted octanol–water partition coefficient (Wildman–Crippen LogP) is 1.79. The summed E-state index contributed by atoms with van der Waals surface area (Å²) in [7, 11) is 0. The minimum atomic E-state index is -0.437. The molecular weight excluding hydrogens is 142 g/mol. The highest BCUT2D eigenvalue weighted by Crippen LogP contribution is 1.96. The van der Waals surface area contributed by atoms with Gasteiger partial charge in [0.15, 0.2) is 0 Å². The van der Waals surface area contributed by atoms with Crippen molar-refractivity contribution in [3.63, 3.8) is 0 Å². The molecule has 0 aromatic heterocycles. The molecule has 0 aromatic rings. The van der Waals surface area contributed by atoms with Gasteiger partial charge in [-0.1, -0.05) is 13.8 Å². The molecule has 0 unspecified atom stereocenters. The first-order valence-electron chi connectivity index (χ1n) is 4.01. The Hall–Kier alpha value is -0.730. The number of rotatable bonds is 4. The Morgan fingerprint density at radius 3 is 2.64 bits per heavy atom. The maximum Gasteiger partial charge on any atom is 0.428 e. The van der Waals surface area contributed by atoms with E-state index >= 15 is 0 Å². The molecule has 0 aliphatic heterocycles. The Bertz CT molecular complexity index is 113. The van der Waals surface area contributed by atoms with Gasteiger partial charge in [0.05, 0.1) is 6.61 Å². The predicted molar refractivity (Wildman–Crippen MR) is 43.5 cm³/mol. The molecule has 0 atom stereocenters. The van der Waals surface area contributed by atoms with E-state index in [2.05, 4.69) is 23.9 Å². The molecule has 0 N–H and O–H groups in total. The van der Waals surface area contributed by atoms with E-state index in [1.54, 1.807) is 6.92 Å². The fourth-order valence-corrected chi connectivity index (χ4v) is 0.583. The number of hydrogen-bond donors (Lipinski definition) is 0. The Morgan fingerprint density at radius 2 is 2.18 bits per heavy atom. The molecule has 0 aromatic carbocycles. The Balaban J connectivity index is 3.17. The summed E-state index contributed by atoms with van der Waals surface area (Å²) in [6.07, 6.45) is 0.506. The number of hydrogen-bond acceptors (Lipinski definition) is 2. The van der Waals surface area contributed by atoms with E-state index in [9.17, 15) is 4.79 Å². The van der Waals surface area contributed by atoms with Crippen LogP contribution in [0.4, 0.5) is 4.79 Å². The maximum atomic E-state index is 10.6. The van der Waals surface area contributed by atoms with Crippen molar-refractivity contribution >= 4 is 6.09 Å². The molecule has 0 aliphatic carbocycles. The molecule has 0 aliphatic rings. The molecule has 11 heavy (non-hydrogen) atoms. The molecule has 3 heteroatoms. The fraction of sp³-hybridized carbons (Fsp3) is 0.875. The molecule has 0 saturated heterocycles. The topological polar surface area (TPSA) is 40.4 Å². The summed E-state index contributed by atoms with van der Waals surface area (Å²) in [5, 5.41) is 3.69. The second-order valence-electron chi connectivity index (χ2n) is 2.76. The first-order valence-corrected chi connectivity index (χ1v) is 4.01. The number of carbonyl (C=O) groups excluding carboxylic acids is 1. The van der Waals surface area contributed by atoms with Gasteiger partial charge in [0.1, 0.15) is 0 Å². The summed E-state index contributed by atoms with van der Waals surface area (Å²) in [5.41, 5.74) is 0. The average molecular weight is 158 g/mol. The van der Waals surface area contributed by atoms with Crippen LogP contribution < -0.4 is 5.32 Å². The van der Waals surface area contributed by atoms with Crippen molar-refractivity contribution in [2.24, 2.45) is 5.92 Å². The molecule has 0 bridgehead atoms. The largest absolute Gasteiger partial charge is 0.448 e. The fourth-order valence-electron chi connectivity index (χ4n) is 0.583. The van der Waals surface area contributed by atoms with E-state index in [0.717, 1.165) is 6.42 Å². The summed E-state index contributed by atoms with van der Waals surface area (Å²) in [6, 6.07) is 0. The number of amides is 1. The summed E-state index contributed by atoms with van der Waals surface area (Å²) in [5.74, 6) is 0.591. The third-order valence-electron chi connectivity index (χ3n) is 1.22. The number of nitrogens with zero attached hydrogens (tertiary/aromatic N) is 1. The number of carbonyl (C=O) groups is 1. The average Bonchev–Trinajstić information content (AvgIpc) is 1.87. The molecule has 1 radical (unpaired) electrons. The summed E-state index contributed by atoms with van der Waals surface area (Å²) >= 11 is 0. The molecule has 1 amide bonds. The van der Waals surface area contributed by atoms with Gasteiger partial charge in [-0.25, -0.2) is 10.1 Å². The van der Waals surface area contributed by atoms with Gasteiger partial charge in [-0.3, -0.25) is 0 Å². The molecule has 0 spiro atoms. The van der Waals surface area contributed by atoms with Crippen LogP contribution in [0.5, 0.6) is 0 Å². The maximum absolute atomic E-state index is 10.6. The second kappa shape index (κ2) is 6.01. The highest BCUT2D eigenvalue weighted by molar-refractivity contribution is 5.66. The van der Waals surface area contributed by atoms with Crippen molar-refractivity contribution in [2.45, 2.75) is 27.2 Å². The van der Waals surface area contributed by atoms with Crippen LogP contribution in [0.25, 0.3) is 0 Å². The monoisotopic (exact) mass is 158 g/mol. The van der Waals surface area contributed by atoms with Crippen LogP contribution in [-0.4, -0.2) is 19.2 Å². The SMILES string of the molecule is CCOC(=O)[N]CCC(C)C. The zero-order chi connectivity index (χ0) is 8.69. The van der Waals surface area contributed by atoms with E-state index in [0.29, 0.717) is 19.1 Å². The van der Waals surface area contributed by atoms with Gasteiger partial charge in [0.25, 0.3) is 0 Å². The van der Waals surface area contributed by atoms with Crippen molar-refractivity contribution in [3.05, 3.63) is 0 Å². The van der Waals surface area contributed by atoms with Crippen LogP contribution in [0.3, 0.4) is 0 Å². The molecule has 0 fully saturated rings. The van der Waals surface area contributed by atoms with Crippen LogP contribution in [-0.2, 0) is 4.74 Å². The minimum absolute atomic E-state index is 0.407. The lowest BCUT2D eigenvalue weighted by Gasteiger charge is -2.03. The Kier molecular flexibility index (Phi) is 5.61. The smallest absolute Gasteiger partial charge is 0.428 e. The quantitative estimate of drug-likeness (QED) is 0.625. The summed E-state index contributed by atoms with van der Waals surface area (Å²) < 4.78 is 4.62. The Labute approximate surface area is 68.1 Å². The van der Waals surface area contributed by atoms with Crippen molar-refractivity contribution in [3.8, 4) is 0 Å². The highest BCUT2D eigenvalue weighted by Gasteiger charge is 2.01. The highest BCUT2D eigenvalue weighted by atomic mass is 16.5. The van der Waals surface area contributed by atoms with Crippen LogP contribution in [0.2, 0.25) is 0 Å². The van der Waals surface area contributed by atoms with Gasteiger partial charge in [-0.15, -0.1) is 0 Å². The van der Waals surface area contributed by atoms with Crippen molar-refractivity contribution in [1.29, 1.82) is 0 Å². The zero-order valence-corrected chi connectivity index (χ0v) is 7.46. The summed E-state index contributed by atoms with van der Waals surface area (Å²) in [6.45, 7) is 6.96. The first kappa shape index (κ1) is 10.3. The van der Waals surface area contributed by atoms with Gasteiger partial charge in [0, 0.05) is 6.54 Å². The molecule has 0 heterocycles. The van der Waals surface area contributed by atoms with Gasteiger partial charge in [-0.2, -0.15) is 0 Å². The standard InChI is InChI=1S/C8H16NO2/c1-4-11-8(10)9-6-5-7(2)3/h7H,4-6H2,1-3H3. The van der Waals surface area contributed by atoms with Crippen molar-refractivity contribution < 1.29 is 9.53 Å². The van der Waals surface area contributed by atoms with E-state index in [4.69, 9.17) is 0 Å². The van der Waals surface area contributed by atoms with E-state index in [1.807, 2.05) is 0 Å². The third-order valence-corrected chi connectivity index (χ3v) is 1.22. The van der Waals surface area contributed by atoms with Gasteiger partial charge < -0.3 is 4.74 Å². The van der Waals surface area contributed by atoms with Crippen LogP contribution in [0.15, 0.2) is 0 Å². The van der Waals surface area contributed by atoms with E-state index in [1.165, 1.54) is 0 Å². The van der Waals surface area contributed by atoms with Crippen LogP contribution in [0.1, 0.15) is 27.2 Å². The third kappa shape index (κ3) is 7.16. The van der Waals surface area contributed by atoms with Crippen LogP contribution in [0, 0.1) is 5.92 Å². The molecule has 0 saturated carbocycles. The van der Waals surface area contributed by atoms with Crippen molar-refractivity contribution in [1.82, 2.24) is 5.32 Å². The first-order chi connectivity index (χ1) is 5.16. The minimum Gasteiger partial charge on any atom is -0.448 e.